The summed E-state index contributed by atoms with van der Waals surface area (Å²) in [5.74, 6) is 0. The average molecular weight is 229 g/mol. The number of aliphatic hydroxyl groups is 1. The van der Waals surface area contributed by atoms with Crippen molar-refractivity contribution in [3.63, 3.8) is 0 Å². The molecule has 16 heavy (non-hydrogen) atoms. The van der Waals surface area contributed by atoms with Gasteiger partial charge in [-0.05, 0) is 53.0 Å². The fourth-order valence-corrected chi connectivity index (χ4v) is 2.64. The Bertz CT molecular complexity index is 208. The van der Waals surface area contributed by atoms with Crippen LogP contribution in [0.2, 0.25) is 0 Å². The summed E-state index contributed by atoms with van der Waals surface area (Å²) in [6.07, 6.45) is 4.51. The molecule has 3 heteroatoms. The van der Waals surface area contributed by atoms with E-state index < -0.39 is 0 Å². The molecule has 0 aromatic carbocycles. The molecule has 0 spiro atoms. The van der Waals surface area contributed by atoms with Crippen LogP contribution in [-0.2, 0) is 4.74 Å². The van der Waals surface area contributed by atoms with Crippen molar-refractivity contribution >= 4 is 0 Å². The largest absolute Gasteiger partial charge is 0.394 e. The Balaban J connectivity index is 2.57. The van der Waals surface area contributed by atoms with E-state index in [1.807, 2.05) is 0 Å². The smallest absolute Gasteiger partial charge is 0.0614 e. The summed E-state index contributed by atoms with van der Waals surface area (Å²) in [5, 5.41) is 13.0. The molecule has 2 atom stereocenters. The Kier molecular flexibility index (Phi) is 4.77. The van der Waals surface area contributed by atoms with Gasteiger partial charge in [-0.3, -0.25) is 0 Å². The van der Waals surface area contributed by atoms with Gasteiger partial charge in [-0.1, -0.05) is 6.92 Å². The minimum absolute atomic E-state index is 0.0879. The summed E-state index contributed by atoms with van der Waals surface area (Å²) in [5.41, 5.74) is -0.196. The van der Waals surface area contributed by atoms with E-state index in [4.69, 9.17) is 4.74 Å². The first-order chi connectivity index (χ1) is 7.41. The quantitative estimate of drug-likeness (QED) is 0.775. The monoisotopic (exact) mass is 229 g/mol. The van der Waals surface area contributed by atoms with E-state index in [1.54, 1.807) is 0 Å². The van der Waals surface area contributed by atoms with Gasteiger partial charge in [0, 0.05) is 5.54 Å². The predicted octanol–water partition coefficient (Wildman–Crippen LogP) is 2.08. The van der Waals surface area contributed by atoms with E-state index in [1.165, 1.54) is 0 Å². The first-order valence-electron chi connectivity index (χ1n) is 6.44. The van der Waals surface area contributed by atoms with Gasteiger partial charge >= 0.3 is 0 Å². The van der Waals surface area contributed by atoms with Crippen molar-refractivity contribution in [2.75, 3.05) is 13.2 Å². The third kappa shape index (κ3) is 4.04. The molecule has 96 valence electrons. The zero-order valence-electron chi connectivity index (χ0n) is 11.2. The van der Waals surface area contributed by atoms with Crippen LogP contribution in [-0.4, -0.2) is 35.5 Å². The highest BCUT2D eigenvalue weighted by Gasteiger charge is 2.36. The highest BCUT2D eigenvalue weighted by atomic mass is 16.5. The van der Waals surface area contributed by atoms with Gasteiger partial charge in [-0.2, -0.15) is 0 Å². The molecule has 3 nitrogen and oxygen atoms in total. The number of likely N-dealkylation sites (N-methyl/N-ethyl adjacent to an activating group) is 1. The van der Waals surface area contributed by atoms with Crippen LogP contribution in [0.15, 0.2) is 0 Å². The number of rotatable bonds is 4. The third-order valence-electron chi connectivity index (χ3n) is 3.17. The molecule has 0 aliphatic heterocycles. The standard InChI is InChI=1S/C13H27NO2/c1-5-14-13(10-15)8-6-7-11(9-13)16-12(2,3)4/h11,14-15H,5-10H2,1-4H3. The minimum Gasteiger partial charge on any atom is -0.394 e. The van der Waals surface area contributed by atoms with Gasteiger partial charge in [-0.25, -0.2) is 0 Å². The lowest BCUT2D eigenvalue weighted by Crippen LogP contribution is -2.53. The number of nitrogens with one attached hydrogen (secondary N) is 1. The molecule has 1 aliphatic rings. The molecular weight excluding hydrogens is 202 g/mol. The van der Waals surface area contributed by atoms with Gasteiger partial charge in [0.2, 0.25) is 0 Å². The second kappa shape index (κ2) is 5.48. The van der Waals surface area contributed by atoms with Gasteiger partial charge in [0.05, 0.1) is 18.3 Å². The summed E-state index contributed by atoms with van der Waals surface area (Å²) in [7, 11) is 0. The normalized spacial score (nSPS) is 31.7. The molecule has 1 aliphatic carbocycles. The maximum atomic E-state index is 9.57. The SMILES string of the molecule is CCNC1(CO)CCCC(OC(C)(C)C)C1. The van der Waals surface area contributed by atoms with E-state index in [0.29, 0.717) is 0 Å². The molecule has 0 radical (unpaired) electrons. The number of aliphatic hydroxyl groups excluding tert-OH is 1. The van der Waals surface area contributed by atoms with Crippen LogP contribution in [0.3, 0.4) is 0 Å². The van der Waals surface area contributed by atoms with Crippen LogP contribution in [0.4, 0.5) is 0 Å². The lowest BCUT2D eigenvalue weighted by atomic mass is 9.80. The van der Waals surface area contributed by atoms with Crippen molar-refractivity contribution < 1.29 is 9.84 Å². The van der Waals surface area contributed by atoms with Crippen LogP contribution in [0.1, 0.15) is 53.4 Å². The van der Waals surface area contributed by atoms with Crippen LogP contribution in [0.5, 0.6) is 0 Å². The van der Waals surface area contributed by atoms with Crippen molar-refractivity contribution in [2.24, 2.45) is 0 Å². The molecule has 2 N–H and O–H groups in total. The summed E-state index contributed by atoms with van der Waals surface area (Å²) < 4.78 is 6.03. The summed E-state index contributed by atoms with van der Waals surface area (Å²) in [6, 6.07) is 0. The van der Waals surface area contributed by atoms with Crippen molar-refractivity contribution in [1.29, 1.82) is 0 Å². The Morgan fingerprint density at radius 3 is 2.62 bits per heavy atom. The molecule has 0 aromatic heterocycles. The van der Waals surface area contributed by atoms with Gasteiger partial charge in [0.15, 0.2) is 0 Å². The predicted molar refractivity (Wildman–Crippen MR) is 66.6 cm³/mol. The maximum absolute atomic E-state index is 9.57. The second-order valence-electron chi connectivity index (χ2n) is 5.92. The Hall–Kier alpha value is -0.120. The third-order valence-corrected chi connectivity index (χ3v) is 3.17. The average Bonchev–Trinajstić information content (AvgIpc) is 2.16. The number of ether oxygens (including phenoxy) is 1. The molecular formula is C13H27NO2. The van der Waals surface area contributed by atoms with Crippen molar-refractivity contribution in [3.8, 4) is 0 Å². The first-order valence-corrected chi connectivity index (χ1v) is 6.44. The van der Waals surface area contributed by atoms with Gasteiger partial charge in [0.25, 0.3) is 0 Å². The van der Waals surface area contributed by atoms with Gasteiger partial charge in [0.1, 0.15) is 0 Å². The van der Waals surface area contributed by atoms with Crippen LogP contribution >= 0.6 is 0 Å². The lowest BCUT2D eigenvalue weighted by Gasteiger charge is -2.42. The maximum Gasteiger partial charge on any atom is 0.0614 e. The van der Waals surface area contributed by atoms with Gasteiger partial charge in [-0.15, -0.1) is 0 Å². The molecule has 1 saturated carbocycles. The van der Waals surface area contributed by atoms with E-state index in [-0.39, 0.29) is 23.9 Å². The Labute approximate surface area is 99.6 Å². The molecule has 2 unspecified atom stereocenters. The second-order valence-corrected chi connectivity index (χ2v) is 5.92. The van der Waals surface area contributed by atoms with E-state index in [9.17, 15) is 5.11 Å². The molecule has 0 aromatic rings. The highest BCUT2D eigenvalue weighted by Crippen LogP contribution is 2.31. The zero-order chi connectivity index (χ0) is 12.2. The Morgan fingerprint density at radius 1 is 1.44 bits per heavy atom. The highest BCUT2D eigenvalue weighted by molar-refractivity contribution is 4.94. The van der Waals surface area contributed by atoms with E-state index in [2.05, 4.69) is 33.0 Å². The molecule has 1 fully saturated rings. The summed E-state index contributed by atoms with van der Waals surface area (Å²) in [4.78, 5) is 0. The number of hydrogen-bond donors (Lipinski definition) is 2. The molecule has 0 saturated heterocycles. The Morgan fingerprint density at radius 2 is 2.12 bits per heavy atom. The lowest BCUT2D eigenvalue weighted by molar-refractivity contribution is -0.0927. The summed E-state index contributed by atoms with van der Waals surface area (Å²) in [6.45, 7) is 9.49. The zero-order valence-corrected chi connectivity index (χ0v) is 11.2. The molecule has 0 heterocycles. The number of hydrogen-bond acceptors (Lipinski definition) is 3. The van der Waals surface area contributed by atoms with E-state index in [0.717, 1.165) is 32.2 Å². The van der Waals surface area contributed by atoms with Gasteiger partial charge < -0.3 is 15.2 Å². The fourth-order valence-electron chi connectivity index (χ4n) is 2.64. The van der Waals surface area contributed by atoms with Crippen LogP contribution in [0.25, 0.3) is 0 Å². The summed E-state index contributed by atoms with van der Waals surface area (Å²) >= 11 is 0. The minimum atomic E-state index is -0.108. The van der Waals surface area contributed by atoms with E-state index >= 15 is 0 Å². The fraction of sp³-hybridized carbons (Fsp3) is 1.00. The first kappa shape index (κ1) is 13.9. The molecule has 0 amide bonds. The molecule has 1 rings (SSSR count). The molecule has 0 bridgehead atoms. The van der Waals surface area contributed by atoms with Crippen LogP contribution < -0.4 is 5.32 Å². The van der Waals surface area contributed by atoms with Crippen LogP contribution in [0, 0.1) is 0 Å². The van der Waals surface area contributed by atoms with Crippen molar-refractivity contribution in [3.05, 3.63) is 0 Å². The topological polar surface area (TPSA) is 41.5 Å². The van der Waals surface area contributed by atoms with Crippen molar-refractivity contribution in [2.45, 2.75) is 70.6 Å². The van der Waals surface area contributed by atoms with Crippen molar-refractivity contribution in [1.82, 2.24) is 5.32 Å².